The third-order valence-corrected chi connectivity index (χ3v) is 6.33. The van der Waals surface area contributed by atoms with Gasteiger partial charge in [-0.25, -0.2) is 0 Å². The lowest BCUT2D eigenvalue weighted by atomic mass is 9.94. The number of ketones is 1. The largest absolute Gasteiger partial charge is 0.507 e. The summed E-state index contributed by atoms with van der Waals surface area (Å²) in [5.41, 5.74) is 2.37. The minimum atomic E-state index is -0.872. The minimum absolute atomic E-state index is 0.00656. The first kappa shape index (κ1) is 26.8. The third-order valence-electron chi connectivity index (χ3n) is 6.33. The van der Waals surface area contributed by atoms with Crippen molar-refractivity contribution in [3.63, 3.8) is 0 Å². The Kier molecular flexibility index (Phi) is 8.36. The summed E-state index contributed by atoms with van der Waals surface area (Å²) in [6, 6.07) is 18.6. The molecule has 1 amide bonds. The average Bonchev–Trinajstić information content (AvgIpc) is 3.21. The summed E-state index contributed by atoms with van der Waals surface area (Å²) in [6.45, 7) is 7.03. The Morgan fingerprint density at radius 2 is 1.61 bits per heavy atom. The number of anilines is 1. The van der Waals surface area contributed by atoms with E-state index in [4.69, 9.17) is 14.2 Å². The predicted molar refractivity (Wildman–Crippen MR) is 147 cm³/mol. The Balaban J connectivity index is 1.88. The molecule has 4 rings (SSSR count). The summed E-state index contributed by atoms with van der Waals surface area (Å²) in [5, 5.41) is 11.5. The Labute approximate surface area is 223 Å². The van der Waals surface area contributed by atoms with Crippen LogP contribution in [0.1, 0.15) is 49.4 Å². The summed E-state index contributed by atoms with van der Waals surface area (Å²) >= 11 is 0. The number of nitrogens with zero attached hydrogens (tertiary/aromatic N) is 1. The first-order valence-electron chi connectivity index (χ1n) is 12.8. The lowest BCUT2D eigenvalue weighted by Crippen LogP contribution is -2.29. The monoisotopic (exact) mass is 515 g/mol. The van der Waals surface area contributed by atoms with E-state index in [0.717, 1.165) is 18.4 Å². The molecule has 38 heavy (non-hydrogen) atoms. The first-order valence-corrected chi connectivity index (χ1v) is 12.8. The van der Waals surface area contributed by atoms with Gasteiger partial charge in [-0.3, -0.25) is 14.5 Å². The predicted octanol–water partition coefficient (Wildman–Crippen LogP) is 6.21. The van der Waals surface area contributed by atoms with Crippen LogP contribution in [0.5, 0.6) is 17.2 Å². The lowest BCUT2D eigenvalue weighted by molar-refractivity contribution is -0.132. The Morgan fingerprint density at radius 3 is 2.32 bits per heavy atom. The maximum atomic E-state index is 13.5. The molecule has 0 radical (unpaired) electrons. The molecular weight excluding hydrogens is 482 g/mol. The molecule has 1 fully saturated rings. The number of hydrogen-bond acceptors (Lipinski definition) is 6. The third kappa shape index (κ3) is 5.37. The van der Waals surface area contributed by atoms with E-state index in [1.54, 1.807) is 48.5 Å². The number of methoxy groups -OCH3 is 1. The van der Waals surface area contributed by atoms with Gasteiger partial charge in [-0.15, -0.1) is 0 Å². The number of carbonyl (C=O) groups excluding carboxylic acids is 2. The fraction of sp³-hybridized carbons (Fsp3) is 0.290. The van der Waals surface area contributed by atoms with Crippen molar-refractivity contribution in [2.75, 3.05) is 25.2 Å². The van der Waals surface area contributed by atoms with E-state index in [0.29, 0.717) is 47.3 Å². The molecule has 1 saturated heterocycles. The molecule has 0 spiro atoms. The number of ether oxygens (including phenoxy) is 3. The second kappa shape index (κ2) is 11.9. The Morgan fingerprint density at radius 1 is 0.895 bits per heavy atom. The van der Waals surface area contributed by atoms with Gasteiger partial charge in [0.1, 0.15) is 23.0 Å². The van der Waals surface area contributed by atoms with E-state index >= 15 is 0 Å². The quantitative estimate of drug-likeness (QED) is 0.196. The van der Waals surface area contributed by atoms with Crippen molar-refractivity contribution in [3.8, 4) is 17.2 Å². The van der Waals surface area contributed by atoms with E-state index in [2.05, 4.69) is 0 Å². The molecule has 0 bridgehead atoms. The van der Waals surface area contributed by atoms with Gasteiger partial charge in [0.05, 0.1) is 31.9 Å². The fourth-order valence-electron chi connectivity index (χ4n) is 4.50. The SMILES string of the molecule is CCCOc1cccc(C2/C(=C(\O)c3ccc(OCCC)c(C)c3)C(=O)C(=O)N2c2cccc(OC)c2)c1. The standard InChI is InChI=1S/C31H33NO6/c1-5-15-37-25-12-7-9-21(18-25)28-27(29(33)22-13-14-26(20(3)17-22)38-16-6-2)30(34)31(35)32(28)23-10-8-11-24(19-23)36-4/h7-14,17-19,28,33H,5-6,15-16H2,1-4H3/b29-27+. The van der Waals surface area contributed by atoms with E-state index in [1.165, 1.54) is 12.0 Å². The van der Waals surface area contributed by atoms with Crippen molar-refractivity contribution in [1.29, 1.82) is 0 Å². The number of rotatable bonds is 10. The Hall–Kier alpha value is -4.26. The number of Topliss-reactive ketones (excluding diaryl/α,β-unsaturated/α-hetero) is 1. The highest BCUT2D eigenvalue weighted by Gasteiger charge is 2.47. The highest BCUT2D eigenvalue weighted by atomic mass is 16.5. The molecule has 1 atom stereocenters. The molecule has 3 aromatic carbocycles. The number of benzene rings is 3. The summed E-state index contributed by atoms with van der Waals surface area (Å²) < 4.78 is 17.0. The second-order valence-electron chi connectivity index (χ2n) is 9.12. The van der Waals surface area contributed by atoms with Gasteiger partial charge >= 0.3 is 0 Å². The normalized spacial score (nSPS) is 16.5. The van der Waals surface area contributed by atoms with Crippen LogP contribution in [0.3, 0.4) is 0 Å². The molecular formula is C31H33NO6. The molecule has 7 heteroatoms. The highest BCUT2D eigenvalue weighted by Crippen LogP contribution is 2.43. The summed E-state index contributed by atoms with van der Waals surface area (Å²) in [5.74, 6) is 0.125. The molecule has 0 saturated carbocycles. The van der Waals surface area contributed by atoms with Gasteiger partial charge in [0.25, 0.3) is 11.7 Å². The maximum absolute atomic E-state index is 13.5. The summed E-state index contributed by atoms with van der Waals surface area (Å²) in [7, 11) is 1.54. The van der Waals surface area contributed by atoms with E-state index in [9.17, 15) is 14.7 Å². The highest BCUT2D eigenvalue weighted by molar-refractivity contribution is 6.51. The summed E-state index contributed by atoms with van der Waals surface area (Å²) in [4.78, 5) is 28.4. The van der Waals surface area contributed by atoms with Crippen LogP contribution in [0, 0.1) is 6.92 Å². The number of aliphatic hydroxyl groups excluding tert-OH is 1. The van der Waals surface area contributed by atoms with Crippen LogP contribution >= 0.6 is 0 Å². The van der Waals surface area contributed by atoms with Gasteiger partial charge in [0, 0.05) is 17.3 Å². The summed E-state index contributed by atoms with van der Waals surface area (Å²) in [6.07, 6.45) is 1.71. The Bertz CT molecular complexity index is 1360. The smallest absolute Gasteiger partial charge is 0.300 e. The zero-order valence-electron chi connectivity index (χ0n) is 22.2. The van der Waals surface area contributed by atoms with Crippen LogP contribution < -0.4 is 19.1 Å². The van der Waals surface area contributed by atoms with Crippen LogP contribution in [0.25, 0.3) is 5.76 Å². The van der Waals surface area contributed by atoms with Crippen molar-refractivity contribution in [3.05, 3.63) is 89.0 Å². The number of aliphatic hydroxyl groups is 1. The molecule has 1 aliphatic heterocycles. The molecule has 1 unspecified atom stereocenters. The van der Waals surface area contributed by atoms with Gasteiger partial charge in [0.2, 0.25) is 0 Å². The molecule has 3 aromatic rings. The maximum Gasteiger partial charge on any atom is 0.300 e. The van der Waals surface area contributed by atoms with Gasteiger partial charge in [-0.2, -0.15) is 0 Å². The number of carbonyl (C=O) groups is 2. The lowest BCUT2D eigenvalue weighted by Gasteiger charge is -2.26. The van der Waals surface area contributed by atoms with Crippen molar-refractivity contribution >= 4 is 23.1 Å². The van der Waals surface area contributed by atoms with Gasteiger partial charge in [-0.05, 0) is 73.4 Å². The second-order valence-corrected chi connectivity index (χ2v) is 9.12. The van der Waals surface area contributed by atoms with Crippen molar-refractivity contribution in [2.24, 2.45) is 0 Å². The number of amides is 1. The number of hydrogen-bond donors (Lipinski definition) is 1. The topological polar surface area (TPSA) is 85.3 Å². The van der Waals surface area contributed by atoms with E-state index in [1.807, 2.05) is 39.0 Å². The van der Waals surface area contributed by atoms with Crippen LogP contribution in [-0.2, 0) is 9.59 Å². The van der Waals surface area contributed by atoms with Crippen LogP contribution in [0.15, 0.2) is 72.3 Å². The molecule has 1 heterocycles. The average molecular weight is 516 g/mol. The minimum Gasteiger partial charge on any atom is -0.507 e. The fourth-order valence-corrected chi connectivity index (χ4v) is 4.50. The van der Waals surface area contributed by atoms with Gasteiger partial charge < -0.3 is 19.3 Å². The zero-order valence-corrected chi connectivity index (χ0v) is 22.2. The molecule has 1 aliphatic rings. The van der Waals surface area contributed by atoms with Gasteiger partial charge in [-0.1, -0.05) is 32.0 Å². The molecule has 1 N–H and O–H groups in total. The van der Waals surface area contributed by atoms with Crippen LogP contribution in [-0.4, -0.2) is 37.1 Å². The molecule has 7 nitrogen and oxygen atoms in total. The molecule has 198 valence electrons. The van der Waals surface area contributed by atoms with Crippen molar-refractivity contribution in [1.82, 2.24) is 0 Å². The van der Waals surface area contributed by atoms with Crippen LogP contribution in [0.2, 0.25) is 0 Å². The van der Waals surface area contributed by atoms with Crippen LogP contribution in [0.4, 0.5) is 5.69 Å². The molecule has 0 aromatic heterocycles. The van der Waals surface area contributed by atoms with Crippen molar-refractivity contribution in [2.45, 2.75) is 39.7 Å². The van der Waals surface area contributed by atoms with E-state index in [-0.39, 0.29) is 11.3 Å². The zero-order chi connectivity index (χ0) is 27.2. The van der Waals surface area contributed by atoms with Crippen molar-refractivity contribution < 1.29 is 28.9 Å². The van der Waals surface area contributed by atoms with Gasteiger partial charge in [0.15, 0.2) is 0 Å². The number of aryl methyl sites for hydroxylation is 1. The van der Waals surface area contributed by atoms with E-state index < -0.39 is 17.7 Å². The first-order chi connectivity index (χ1) is 18.4. The molecule has 0 aliphatic carbocycles.